The van der Waals surface area contributed by atoms with E-state index in [2.05, 4.69) is 31.0 Å². The summed E-state index contributed by atoms with van der Waals surface area (Å²) in [5, 5.41) is 12.8. The molecule has 0 radical (unpaired) electrons. The van der Waals surface area contributed by atoms with E-state index in [4.69, 9.17) is 0 Å². The lowest BCUT2D eigenvalue weighted by Crippen LogP contribution is -2.55. The molecule has 2 atom stereocenters. The minimum Gasteiger partial charge on any atom is -0.480 e. The topological polar surface area (TPSA) is 52.6 Å². The van der Waals surface area contributed by atoms with E-state index in [1.807, 2.05) is 20.8 Å². The quantitative estimate of drug-likeness (QED) is 0.723. The van der Waals surface area contributed by atoms with Gasteiger partial charge < -0.3 is 10.0 Å². The Kier molecular flexibility index (Phi) is 6.23. The van der Waals surface area contributed by atoms with Gasteiger partial charge in [-0.3, -0.25) is 10.1 Å². The molecule has 4 nitrogen and oxygen atoms in total. The van der Waals surface area contributed by atoms with E-state index in [1.54, 1.807) is 0 Å². The molecule has 1 heterocycles. The van der Waals surface area contributed by atoms with Crippen molar-refractivity contribution in [2.45, 2.75) is 84.8 Å². The number of nitrogens with zero attached hydrogens (tertiary/aromatic N) is 1. The van der Waals surface area contributed by atoms with Gasteiger partial charge in [-0.15, -0.1) is 0 Å². The predicted octanol–water partition coefficient (Wildman–Crippen LogP) is 3.12. The smallest absolute Gasteiger partial charge is 0.323 e. The zero-order valence-corrected chi connectivity index (χ0v) is 14.7. The first-order valence-corrected chi connectivity index (χ1v) is 8.43. The fraction of sp³-hybridized carbons (Fsp3) is 0.941. The predicted molar refractivity (Wildman–Crippen MR) is 87.6 cm³/mol. The summed E-state index contributed by atoms with van der Waals surface area (Å²) < 4.78 is 0. The molecule has 1 aliphatic heterocycles. The van der Waals surface area contributed by atoms with Gasteiger partial charge in [0, 0.05) is 18.6 Å². The minimum atomic E-state index is -0.850. The van der Waals surface area contributed by atoms with Gasteiger partial charge in [0.15, 0.2) is 0 Å². The molecule has 4 heteroatoms. The number of rotatable bonds is 8. The second-order valence-corrected chi connectivity index (χ2v) is 7.42. The van der Waals surface area contributed by atoms with Crippen molar-refractivity contribution in [3.63, 3.8) is 0 Å². The molecule has 0 aromatic heterocycles. The van der Waals surface area contributed by atoms with Crippen LogP contribution in [0.3, 0.4) is 0 Å². The zero-order chi connectivity index (χ0) is 16.3. The van der Waals surface area contributed by atoms with Crippen LogP contribution in [0.2, 0.25) is 0 Å². The lowest BCUT2D eigenvalue weighted by molar-refractivity contribution is -0.145. The molecule has 0 aromatic rings. The highest BCUT2D eigenvalue weighted by Crippen LogP contribution is 2.38. The lowest BCUT2D eigenvalue weighted by atomic mass is 9.82. The second-order valence-electron chi connectivity index (χ2n) is 7.42. The van der Waals surface area contributed by atoms with Crippen molar-refractivity contribution < 1.29 is 9.90 Å². The second kappa shape index (κ2) is 7.10. The van der Waals surface area contributed by atoms with Crippen molar-refractivity contribution in [1.29, 1.82) is 0 Å². The fourth-order valence-electron chi connectivity index (χ4n) is 3.74. The number of carboxylic acid groups (broad SMARTS) is 1. The maximum atomic E-state index is 11.7. The van der Waals surface area contributed by atoms with E-state index in [-0.39, 0.29) is 12.1 Å². The van der Waals surface area contributed by atoms with Crippen LogP contribution in [0.25, 0.3) is 0 Å². The van der Waals surface area contributed by atoms with E-state index in [9.17, 15) is 9.90 Å². The van der Waals surface area contributed by atoms with E-state index in [0.29, 0.717) is 11.8 Å². The molecule has 1 aliphatic rings. The molecule has 21 heavy (non-hydrogen) atoms. The van der Waals surface area contributed by atoms with Crippen molar-refractivity contribution in [1.82, 2.24) is 10.2 Å². The molecule has 0 aromatic carbocycles. The SMILES string of the molecule is CCC1(CC)CCN(C(C)CC(C)(NC(C)C)C(=O)O)C1. The van der Waals surface area contributed by atoms with E-state index in [1.165, 1.54) is 19.3 Å². The molecule has 0 spiro atoms. The number of hydrogen-bond donors (Lipinski definition) is 2. The molecular formula is C17H34N2O2. The van der Waals surface area contributed by atoms with E-state index >= 15 is 0 Å². The molecule has 124 valence electrons. The van der Waals surface area contributed by atoms with Gasteiger partial charge >= 0.3 is 5.97 Å². The van der Waals surface area contributed by atoms with Gasteiger partial charge in [0.05, 0.1) is 0 Å². The van der Waals surface area contributed by atoms with E-state index < -0.39 is 11.5 Å². The van der Waals surface area contributed by atoms with Crippen LogP contribution in [0.15, 0.2) is 0 Å². The first-order valence-electron chi connectivity index (χ1n) is 8.43. The molecule has 0 saturated carbocycles. The summed E-state index contributed by atoms with van der Waals surface area (Å²) in [7, 11) is 0. The van der Waals surface area contributed by atoms with Gasteiger partial charge in [-0.25, -0.2) is 0 Å². The van der Waals surface area contributed by atoms with Crippen LogP contribution in [-0.4, -0.2) is 46.7 Å². The van der Waals surface area contributed by atoms with Crippen molar-refractivity contribution in [2.24, 2.45) is 5.41 Å². The Morgan fingerprint density at radius 2 is 1.90 bits per heavy atom. The summed E-state index contributed by atoms with van der Waals surface area (Å²) >= 11 is 0. The highest BCUT2D eigenvalue weighted by molar-refractivity contribution is 5.78. The number of carbonyl (C=O) groups is 1. The lowest BCUT2D eigenvalue weighted by Gasteiger charge is -2.35. The Morgan fingerprint density at radius 3 is 2.29 bits per heavy atom. The van der Waals surface area contributed by atoms with Gasteiger partial charge in [0.25, 0.3) is 0 Å². The number of aliphatic carboxylic acids is 1. The van der Waals surface area contributed by atoms with Crippen LogP contribution in [-0.2, 0) is 4.79 Å². The third-order valence-electron chi connectivity index (χ3n) is 5.37. The van der Waals surface area contributed by atoms with Crippen LogP contribution >= 0.6 is 0 Å². The van der Waals surface area contributed by atoms with Gasteiger partial charge in [-0.2, -0.15) is 0 Å². The van der Waals surface area contributed by atoms with Crippen LogP contribution in [0, 0.1) is 5.41 Å². The largest absolute Gasteiger partial charge is 0.480 e. The normalized spacial score (nSPS) is 23.2. The molecule has 1 rings (SSSR count). The first-order chi connectivity index (χ1) is 9.68. The molecule has 0 aliphatic carbocycles. The summed E-state index contributed by atoms with van der Waals surface area (Å²) in [5.74, 6) is -0.750. The number of carboxylic acids is 1. The highest BCUT2D eigenvalue weighted by atomic mass is 16.4. The molecular weight excluding hydrogens is 264 g/mol. The molecule has 1 saturated heterocycles. The molecule has 0 bridgehead atoms. The average Bonchev–Trinajstić information content (AvgIpc) is 2.82. The van der Waals surface area contributed by atoms with Crippen molar-refractivity contribution >= 4 is 5.97 Å². The fourth-order valence-corrected chi connectivity index (χ4v) is 3.74. The Labute approximate surface area is 130 Å². The number of likely N-dealkylation sites (tertiary alicyclic amines) is 1. The third kappa shape index (κ3) is 4.43. The Hall–Kier alpha value is -0.610. The van der Waals surface area contributed by atoms with Crippen molar-refractivity contribution in [2.75, 3.05) is 13.1 Å². The summed E-state index contributed by atoms with van der Waals surface area (Å²) in [6.45, 7) is 14.7. The van der Waals surface area contributed by atoms with Crippen LogP contribution in [0.4, 0.5) is 0 Å². The molecule has 0 amide bonds. The molecule has 1 fully saturated rings. The number of hydrogen-bond acceptors (Lipinski definition) is 3. The maximum Gasteiger partial charge on any atom is 0.323 e. The summed E-state index contributed by atoms with van der Waals surface area (Å²) in [6, 6.07) is 0.458. The zero-order valence-electron chi connectivity index (χ0n) is 14.7. The third-order valence-corrected chi connectivity index (χ3v) is 5.37. The number of nitrogens with one attached hydrogen (secondary N) is 1. The standard InChI is InChI=1S/C17H34N2O2/c1-7-17(8-2)9-10-19(12-17)14(5)11-16(6,15(20)21)18-13(3)4/h13-14,18H,7-12H2,1-6H3,(H,20,21). The highest BCUT2D eigenvalue weighted by Gasteiger charge is 2.41. The van der Waals surface area contributed by atoms with E-state index in [0.717, 1.165) is 13.1 Å². The van der Waals surface area contributed by atoms with Crippen molar-refractivity contribution in [3.05, 3.63) is 0 Å². The molecule has 2 unspecified atom stereocenters. The van der Waals surface area contributed by atoms with Gasteiger partial charge in [-0.05, 0) is 65.3 Å². The van der Waals surface area contributed by atoms with Gasteiger partial charge in [0.2, 0.25) is 0 Å². The Bertz CT molecular complexity index is 353. The van der Waals surface area contributed by atoms with Crippen LogP contribution in [0.1, 0.15) is 67.2 Å². The van der Waals surface area contributed by atoms with Crippen LogP contribution < -0.4 is 5.32 Å². The first kappa shape index (κ1) is 18.4. The maximum absolute atomic E-state index is 11.7. The van der Waals surface area contributed by atoms with Crippen LogP contribution in [0.5, 0.6) is 0 Å². The summed E-state index contributed by atoms with van der Waals surface area (Å²) in [5.41, 5.74) is -0.406. The average molecular weight is 298 g/mol. The van der Waals surface area contributed by atoms with Crippen molar-refractivity contribution in [3.8, 4) is 0 Å². The van der Waals surface area contributed by atoms with Gasteiger partial charge in [-0.1, -0.05) is 13.8 Å². The van der Waals surface area contributed by atoms with Gasteiger partial charge in [0.1, 0.15) is 5.54 Å². The minimum absolute atomic E-state index is 0.169. The summed E-state index contributed by atoms with van der Waals surface area (Å²) in [6.07, 6.45) is 4.32. The molecule has 2 N–H and O–H groups in total. The monoisotopic (exact) mass is 298 g/mol. The Morgan fingerprint density at radius 1 is 1.33 bits per heavy atom. The Balaban J connectivity index is 2.71. The summed E-state index contributed by atoms with van der Waals surface area (Å²) in [4.78, 5) is 14.1.